The Morgan fingerprint density at radius 2 is 1.71 bits per heavy atom. The molecule has 1 N–H and O–H groups in total. The summed E-state index contributed by atoms with van der Waals surface area (Å²) in [5, 5.41) is 24.8. The van der Waals surface area contributed by atoms with Gasteiger partial charge in [-0.25, -0.2) is 0 Å². The Balaban J connectivity index is 2.20. The zero-order valence-corrected chi connectivity index (χ0v) is 15.3. The first-order valence-corrected chi connectivity index (χ1v) is 7.91. The second-order valence-corrected chi connectivity index (χ2v) is 5.61. The fourth-order valence-electron chi connectivity index (χ4n) is 2.37. The molecule has 0 fully saturated rings. The maximum Gasteiger partial charge on any atom is 0.311 e. The van der Waals surface area contributed by atoms with Crippen molar-refractivity contribution in [3.8, 4) is 17.2 Å². The zero-order chi connectivity index (χ0) is 20.8. The molecule has 0 aliphatic rings. The van der Waals surface area contributed by atoms with Gasteiger partial charge in [0.15, 0.2) is 23.9 Å². The first kappa shape index (κ1) is 20.5. The first-order chi connectivity index (χ1) is 13.3. The van der Waals surface area contributed by atoms with E-state index in [1.54, 1.807) is 13.0 Å². The van der Waals surface area contributed by atoms with Gasteiger partial charge in [0.2, 0.25) is 0 Å². The number of nitrogens with one attached hydrogen (secondary N) is 1. The molecule has 2 rings (SSSR count). The van der Waals surface area contributed by atoms with Gasteiger partial charge in [0.25, 0.3) is 5.91 Å². The third kappa shape index (κ3) is 4.67. The minimum atomic E-state index is -1.54. The number of carbonyl (C=O) groups is 2. The van der Waals surface area contributed by atoms with Crippen LogP contribution in [0.4, 0.5) is 11.4 Å². The summed E-state index contributed by atoms with van der Waals surface area (Å²) in [6, 6.07) is 6.70. The highest BCUT2D eigenvalue weighted by molar-refractivity contribution is 6.01. The van der Waals surface area contributed by atoms with Crippen LogP contribution in [-0.2, 0) is 4.79 Å². The lowest BCUT2D eigenvalue weighted by Crippen LogP contribution is -2.26. The maximum absolute atomic E-state index is 12.2. The largest absolute Gasteiger partial charge is 0.545 e. The summed E-state index contributed by atoms with van der Waals surface area (Å²) in [5.41, 5.74) is -0.0428. The van der Waals surface area contributed by atoms with E-state index < -0.39 is 23.4 Å². The summed E-state index contributed by atoms with van der Waals surface area (Å²) in [6.07, 6.45) is 0. The molecule has 0 aliphatic carbocycles. The number of hydrogen-bond donors (Lipinski definition) is 1. The van der Waals surface area contributed by atoms with Crippen LogP contribution in [0.3, 0.4) is 0 Å². The summed E-state index contributed by atoms with van der Waals surface area (Å²) in [7, 11) is 2.68. The Kier molecular flexibility index (Phi) is 6.38. The molecular weight excluding hydrogens is 372 g/mol. The minimum absolute atomic E-state index is 0.0850. The summed E-state index contributed by atoms with van der Waals surface area (Å²) in [4.78, 5) is 34.0. The molecule has 0 heterocycles. The smallest absolute Gasteiger partial charge is 0.311 e. The number of carboxylic acid groups (broad SMARTS) is 1. The van der Waals surface area contributed by atoms with Crippen molar-refractivity contribution in [3.05, 3.63) is 51.6 Å². The quantitative estimate of drug-likeness (QED) is 0.526. The Morgan fingerprint density at radius 1 is 1.07 bits per heavy atom. The van der Waals surface area contributed by atoms with Crippen LogP contribution >= 0.6 is 0 Å². The number of nitro benzene ring substituents is 1. The summed E-state index contributed by atoms with van der Waals surface area (Å²) >= 11 is 0. The lowest BCUT2D eigenvalue weighted by molar-refractivity contribution is -0.385. The van der Waals surface area contributed by atoms with Gasteiger partial charge in [-0.05, 0) is 24.6 Å². The molecule has 1 amide bonds. The van der Waals surface area contributed by atoms with Crippen molar-refractivity contribution in [3.63, 3.8) is 0 Å². The highest BCUT2D eigenvalue weighted by Crippen LogP contribution is 2.33. The highest BCUT2D eigenvalue weighted by atomic mass is 16.6. The molecule has 28 heavy (non-hydrogen) atoms. The number of benzene rings is 2. The molecule has 0 aliphatic heterocycles. The van der Waals surface area contributed by atoms with Crippen LogP contribution in [0, 0.1) is 17.0 Å². The van der Waals surface area contributed by atoms with E-state index in [1.165, 1.54) is 32.4 Å². The number of rotatable bonds is 8. The molecule has 10 nitrogen and oxygen atoms in total. The van der Waals surface area contributed by atoms with Crippen LogP contribution in [0.15, 0.2) is 30.3 Å². The molecule has 0 radical (unpaired) electrons. The number of carboxylic acids is 1. The van der Waals surface area contributed by atoms with Crippen molar-refractivity contribution in [2.45, 2.75) is 6.92 Å². The van der Waals surface area contributed by atoms with E-state index >= 15 is 0 Å². The van der Waals surface area contributed by atoms with Gasteiger partial charge < -0.3 is 29.4 Å². The Bertz CT molecular complexity index is 926. The molecule has 10 heteroatoms. The predicted molar refractivity (Wildman–Crippen MR) is 95.8 cm³/mol. The van der Waals surface area contributed by atoms with Crippen LogP contribution in [-0.4, -0.2) is 37.6 Å². The van der Waals surface area contributed by atoms with E-state index in [4.69, 9.17) is 14.2 Å². The second kappa shape index (κ2) is 8.71. The van der Waals surface area contributed by atoms with Crippen LogP contribution in [0.5, 0.6) is 17.2 Å². The van der Waals surface area contributed by atoms with E-state index in [-0.39, 0.29) is 34.2 Å². The molecule has 0 unspecified atom stereocenters. The number of aryl methyl sites for hydroxylation is 1. The van der Waals surface area contributed by atoms with Crippen LogP contribution in [0.1, 0.15) is 15.9 Å². The van der Waals surface area contributed by atoms with Crippen molar-refractivity contribution in [2.75, 3.05) is 26.1 Å². The molecule has 0 saturated heterocycles. The molecule has 0 bridgehead atoms. The number of aromatic carboxylic acids is 1. The van der Waals surface area contributed by atoms with Crippen LogP contribution in [0.2, 0.25) is 0 Å². The summed E-state index contributed by atoms with van der Waals surface area (Å²) in [6.45, 7) is 1.10. The number of anilines is 1. The molecule has 0 spiro atoms. The Morgan fingerprint density at radius 3 is 2.29 bits per heavy atom. The van der Waals surface area contributed by atoms with Gasteiger partial charge in [0.05, 0.1) is 30.8 Å². The number of hydrogen-bond acceptors (Lipinski definition) is 8. The van der Waals surface area contributed by atoms with Crippen LogP contribution < -0.4 is 24.6 Å². The highest BCUT2D eigenvalue weighted by Gasteiger charge is 2.18. The molecular formula is C18H17N2O8-. The average Bonchev–Trinajstić information content (AvgIpc) is 2.66. The van der Waals surface area contributed by atoms with E-state index in [0.29, 0.717) is 5.56 Å². The topological polar surface area (TPSA) is 140 Å². The van der Waals surface area contributed by atoms with E-state index in [1.807, 2.05) is 0 Å². The van der Waals surface area contributed by atoms with Gasteiger partial charge in [-0.1, -0.05) is 6.07 Å². The van der Waals surface area contributed by atoms with Gasteiger partial charge in [-0.15, -0.1) is 0 Å². The number of amides is 1. The molecule has 0 aromatic heterocycles. The number of ether oxygens (including phenoxy) is 3. The van der Waals surface area contributed by atoms with Gasteiger partial charge >= 0.3 is 5.69 Å². The fourth-order valence-corrected chi connectivity index (χ4v) is 2.37. The number of methoxy groups -OCH3 is 2. The van der Waals surface area contributed by atoms with E-state index in [9.17, 15) is 24.8 Å². The Hall–Kier alpha value is -3.82. The first-order valence-electron chi connectivity index (χ1n) is 7.91. The van der Waals surface area contributed by atoms with Crippen LogP contribution in [0.25, 0.3) is 0 Å². The monoisotopic (exact) mass is 389 g/mol. The standard InChI is InChI=1S/C18H18N2O8/c1-10-4-5-14(13(6-10)20(24)25)28-9-17(21)19-12-8-16(27-3)15(26-2)7-11(12)18(22)23/h4-8H,9H2,1-3H3,(H,19,21)(H,22,23)/p-1. The van der Waals surface area contributed by atoms with E-state index in [2.05, 4.69) is 5.32 Å². The lowest BCUT2D eigenvalue weighted by Gasteiger charge is -2.16. The van der Waals surface area contributed by atoms with Crippen molar-refractivity contribution in [1.82, 2.24) is 0 Å². The lowest BCUT2D eigenvalue weighted by atomic mass is 10.1. The maximum atomic E-state index is 12.2. The number of carbonyl (C=O) groups excluding carboxylic acids is 2. The fraction of sp³-hybridized carbons (Fsp3) is 0.222. The second-order valence-electron chi connectivity index (χ2n) is 5.61. The third-order valence-electron chi connectivity index (χ3n) is 3.69. The zero-order valence-electron chi connectivity index (χ0n) is 15.3. The van der Waals surface area contributed by atoms with Crippen molar-refractivity contribution in [2.24, 2.45) is 0 Å². The minimum Gasteiger partial charge on any atom is -0.545 e. The summed E-state index contributed by atoms with van der Waals surface area (Å²) < 4.78 is 15.3. The van der Waals surface area contributed by atoms with Gasteiger partial charge in [-0.3, -0.25) is 14.9 Å². The third-order valence-corrected chi connectivity index (χ3v) is 3.69. The molecule has 148 valence electrons. The van der Waals surface area contributed by atoms with Crippen molar-refractivity contribution >= 4 is 23.3 Å². The molecule has 2 aromatic rings. The van der Waals surface area contributed by atoms with Gasteiger partial charge in [0.1, 0.15) is 0 Å². The van der Waals surface area contributed by atoms with Gasteiger partial charge in [0, 0.05) is 17.7 Å². The Labute approximate surface area is 159 Å². The molecule has 0 saturated carbocycles. The number of nitrogens with zero attached hydrogens (tertiary/aromatic N) is 1. The van der Waals surface area contributed by atoms with E-state index in [0.717, 1.165) is 6.07 Å². The molecule has 0 atom stereocenters. The molecule has 2 aromatic carbocycles. The normalized spacial score (nSPS) is 10.1. The predicted octanol–water partition coefficient (Wildman–Crippen LogP) is 1.30. The average molecular weight is 389 g/mol. The van der Waals surface area contributed by atoms with Gasteiger partial charge in [-0.2, -0.15) is 0 Å². The number of nitro groups is 1. The SMILES string of the molecule is COc1cc(NC(=O)COc2ccc(C)cc2[N+](=O)[O-])c(C(=O)[O-])cc1OC. The summed E-state index contributed by atoms with van der Waals surface area (Å²) in [5.74, 6) is -2.02. The van der Waals surface area contributed by atoms with Crippen molar-refractivity contribution in [1.29, 1.82) is 0 Å². The van der Waals surface area contributed by atoms with Crippen molar-refractivity contribution < 1.29 is 33.8 Å².